The van der Waals surface area contributed by atoms with Gasteiger partial charge in [-0.25, -0.2) is 19.9 Å². The van der Waals surface area contributed by atoms with Crippen molar-refractivity contribution in [3.63, 3.8) is 0 Å². The lowest BCUT2D eigenvalue weighted by molar-refractivity contribution is 0.454. The summed E-state index contributed by atoms with van der Waals surface area (Å²) in [5.41, 5.74) is 8.34. The Morgan fingerprint density at radius 3 is 1.13 bits per heavy atom. The Balaban J connectivity index is 0.000000148. The standard InChI is InChI=1S/C22H15ClN2.C12H10BO2.C10H6Cl2N2/c23-21-15-20(24-22(25-21)19-9-5-2-6-10-19)18-13-11-17(12-14-18)16-7-3-1-4-8-16;14-13-15-12-8-6-11(7-9-12)10-4-2-1-3-5-10;11-8-6-9(12)14-10(13-8)7-4-2-1-3-5-7/h1-15H;1-9,14H;1-6H. The van der Waals surface area contributed by atoms with Gasteiger partial charge in [0.15, 0.2) is 11.6 Å². The summed E-state index contributed by atoms with van der Waals surface area (Å²) in [5, 5.41) is 9.60. The molecule has 0 spiro atoms. The average Bonchev–Trinajstić information content (AvgIpc) is 3.22. The van der Waals surface area contributed by atoms with E-state index in [4.69, 9.17) is 44.5 Å². The SMILES string of the molecule is Clc1cc(-c2ccc(-c3ccccc3)cc2)nc(-c2ccccc2)n1.Clc1cc(Cl)nc(-c2ccccc2)n1.O[B]Oc1ccc(-c2ccccc2)cc1. The van der Waals surface area contributed by atoms with E-state index >= 15 is 0 Å². The summed E-state index contributed by atoms with van der Waals surface area (Å²) >= 11 is 17.8. The first-order chi connectivity index (χ1) is 26.4. The van der Waals surface area contributed by atoms with Gasteiger partial charge in [0.25, 0.3) is 0 Å². The molecule has 0 aliphatic carbocycles. The lowest BCUT2D eigenvalue weighted by Gasteiger charge is -2.07. The minimum absolute atomic E-state index is 0.351. The molecule has 0 saturated carbocycles. The van der Waals surface area contributed by atoms with Crippen LogP contribution in [0.25, 0.3) is 56.3 Å². The molecule has 0 unspecified atom stereocenters. The van der Waals surface area contributed by atoms with Gasteiger partial charge in [0.2, 0.25) is 0 Å². The van der Waals surface area contributed by atoms with Gasteiger partial charge in [0, 0.05) is 28.8 Å². The van der Waals surface area contributed by atoms with Gasteiger partial charge in [-0.05, 0) is 34.4 Å². The third-order valence-electron chi connectivity index (χ3n) is 7.86. The van der Waals surface area contributed by atoms with Crippen LogP contribution < -0.4 is 4.65 Å². The molecule has 6 aromatic carbocycles. The molecule has 0 aliphatic heterocycles. The lowest BCUT2D eigenvalue weighted by Crippen LogP contribution is -1.99. The number of nitrogens with zero attached hydrogens (tertiary/aromatic N) is 4. The molecule has 8 aromatic rings. The second-order valence-corrected chi connectivity index (χ2v) is 12.7. The molecule has 0 fully saturated rings. The van der Waals surface area contributed by atoms with E-state index in [1.807, 2.05) is 133 Å². The summed E-state index contributed by atoms with van der Waals surface area (Å²) in [6, 6.07) is 59.0. The van der Waals surface area contributed by atoms with Crippen LogP contribution in [-0.4, -0.2) is 32.6 Å². The highest BCUT2D eigenvalue weighted by Crippen LogP contribution is 2.27. The maximum absolute atomic E-state index is 8.46. The van der Waals surface area contributed by atoms with Crippen LogP contribution in [-0.2, 0) is 0 Å². The summed E-state index contributed by atoms with van der Waals surface area (Å²) in [5.74, 6) is 1.80. The van der Waals surface area contributed by atoms with E-state index in [0.717, 1.165) is 33.5 Å². The Labute approximate surface area is 330 Å². The number of halogens is 3. The van der Waals surface area contributed by atoms with Crippen LogP contribution in [0, 0.1) is 0 Å². The molecule has 54 heavy (non-hydrogen) atoms. The minimum atomic E-state index is 0.351. The zero-order valence-electron chi connectivity index (χ0n) is 28.7. The van der Waals surface area contributed by atoms with E-state index < -0.39 is 0 Å². The highest BCUT2D eigenvalue weighted by atomic mass is 35.5. The first-order valence-electron chi connectivity index (χ1n) is 16.7. The molecule has 0 atom stereocenters. The minimum Gasteiger partial charge on any atom is -0.537 e. The number of hydrogen-bond acceptors (Lipinski definition) is 6. The highest BCUT2D eigenvalue weighted by Gasteiger charge is 2.08. The number of benzene rings is 6. The van der Waals surface area contributed by atoms with Crippen molar-refractivity contribution < 1.29 is 9.68 Å². The van der Waals surface area contributed by atoms with Crippen molar-refractivity contribution in [2.75, 3.05) is 0 Å². The lowest BCUT2D eigenvalue weighted by atomic mass is 10.0. The molecule has 6 nitrogen and oxygen atoms in total. The summed E-state index contributed by atoms with van der Waals surface area (Å²) in [6.07, 6.45) is 0. The zero-order chi connectivity index (χ0) is 37.5. The summed E-state index contributed by atoms with van der Waals surface area (Å²) in [7, 11) is 0.678. The van der Waals surface area contributed by atoms with Crippen LogP contribution in [0.4, 0.5) is 0 Å². The van der Waals surface area contributed by atoms with E-state index in [1.165, 1.54) is 17.2 Å². The number of hydrogen-bond donors (Lipinski definition) is 1. The molecule has 2 heterocycles. The summed E-state index contributed by atoms with van der Waals surface area (Å²) in [4.78, 5) is 17.2. The van der Waals surface area contributed by atoms with Crippen LogP contribution >= 0.6 is 34.8 Å². The van der Waals surface area contributed by atoms with E-state index in [9.17, 15) is 0 Å². The van der Waals surface area contributed by atoms with E-state index in [-0.39, 0.29) is 0 Å². The van der Waals surface area contributed by atoms with Gasteiger partial charge in [-0.1, -0.05) is 193 Å². The van der Waals surface area contributed by atoms with Gasteiger partial charge in [-0.3, -0.25) is 0 Å². The molecule has 0 amide bonds. The first kappa shape index (κ1) is 37.9. The van der Waals surface area contributed by atoms with Gasteiger partial charge in [0.05, 0.1) is 5.69 Å². The highest BCUT2D eigenvalue weighted by molar-refractivity contribution is 6.33. The van der Waals surface area contributed by atoms with Gasteiger partial charge in [-0.2, -0.15) is 0 Å². The van der Waals surface area contributed by atoms with E-state index in [0.29, 0.717) is 40.5 Å². The third kappa shape index (κ3) is 10.9. The molecule has 0 aliphatic rings. The summed E-state index contributed by atoms with van der Waals surface area (Å²) in [6.45, 7) is 0. The predicted molar refractivity (Wildman–Crippen MR) is 221 cm³/mol. The number of aromatic nitrogens is 4. The average molecular weight is 765 g/mol. The zero-order valence-corrected chi connectivity index (χ0v) is 30.9. The Bertz CT molecular complexity index is 2340. The Kier molecular flexibility index (Phi) is 13.6. The fourth-order valence-electron chi connectivity index (χ4n) is 5.27. The summed E-state index contributed by atoms with van der Waals surface area (Å²) < 4.78 is 4.83. The maximum Gasteiger partial charge on any atom is 0.569 e. The monoisotopic (exact) mass is 763 g/mol. The smallest absolute Gasteiger partial charge is 0.537 e. The maximum atomic E-state index is 8.46. The first-order valence-corrected chi connectivity index (χ1v) is 17.9. The second kappa shape index (κ2) is 19.3. The normalized spacial score (nSPS) is 10.2. The van der Waals surface area contributed by atoms with E-state index in [1.54, 1.807) is 6.07 Å². The fraction of sp³-hybridized carbons (Fsp3) is 0. The fourth-order valence-corrected chi connectivity index (χ4v) is 5.88. The topological polar surface area (TPSA) is 81.0 Å². The van der Waals surface area contributed by atoms with Crippen LogP contribution in [0.5, 0.6) is 5.75 Å². The van der Waals surface area contributed by atoms with Crippen molar-refractivity contribution >= 4 is 42.5 Å². The quantitative estimate of drug-likeness (QED) is 0.129. The van der Waals surface area contributed by atoms with Crippen LogP contribution in [0.3, 0.4) is 0 Å². The van der Waals surface area contributed by atoms with Crippen molar-refractivity contribution in [2.24, 2.45) is 0 Å². The Morgan fingerprint density at radius 1 is 0.370 bits per heavy atom. The molecule has 10 heteroatoms. The van der Waals surface area contributed by atoms with Gasteiger partial charge in [-0.15, -0.1) is 0 Å². The molecule has 1 radical (unpaired) electrons. The molecule has 0 saturated heterocycles. The molecular weight excluding hydrogens is 734 g/mol. The van der Waals surface area contributed by atoms with E-state index in [2.05, 4.69) is 56.3 Å². The molecule has 2 aromatic heterocycles. The van der Waals surface area contributed by atoms with Crippen LogP contribution in [0.15, 0.2) is 182 Å². The Morgan fingerprint density at radius 2 is 0.704 bits per heavy atom. The van der Waals surface area contributed by atoms with Crippen molar-refractivity contribution in [1.82, 2.24) is 19.9 Å². The number of rotatable bonds is 7. The van der Waals surface area contributed by atoms with Gasteiger partial charge < -0.3 is 9.68 Å². The third-order valence-corrected chi connectivity index (χ3v) is 8.44. The predicted octanol–water partition coefficient (Wildman–Crippen LogP) is 11.8. The largest absolute Gasteiger partial charge is 0.569 e. The van der Waals surface area contributed by atoms with Crippen molar-refractivity contribution in [2.45, 2.75) is 0 Å². The van der Waals surface area contributed by atoms with Crippen molar-refractivity contribution in [1.29, 1.82) is 0 Å². The Hall–Kier alpha value is -5.83. The van der Waals surface area contributed by atoms with Crippen LogP contribution in [0.1, 0.15) is 0 Å². The molecule has 1 N–H and O–H groups in total. The molecule has 8 rings (SSSR count). The second-order valence-electron chi connectivity index (χ2n) is 11.5. The van der Waals surface area contributed by atoms with Crippen molar-refractivity contribution in [3.8, 4) is 62.0 Å². The molecular formula is C44H31BCl3N4O2. The van der Waals surface area contributed by atoms with Gasteiger partial charge in [0.1, 0.15) is 21.2 Å². The molecule has 0 bridgehead atoms. The molecule has 263 valence electrons. The van der Waals surface area contributed by atoms with Crippen LogP contribution in [0.2, 0.25) is 15.5 Å². The van der Waals surface area contributed by atoms with Gasteiger partial charge >= 0.3 is 7.69 Å². The van der Waals surface area contributed by atoms with Crippen molar-refractivity contribution in [3.05, 3.63) is 197 Å².